The van der Waals surface area contributed by atoms with Crippen molar-refractivity contribution in [3.05, 3.63) is 72.1 Å². The summed E-state index contributed by atoms with van der Waals surface area (Å²) in [6.07, 6.45) is 0.386. The maximum atomic E-state index is 13.5. The van der Waals surface area contributed by atoms with Gasteiger partial charge in [0.15, 0.2) is 0 Å². The zero-order chi connectivity index (χ0) is 24.8. The molecule has 8 heteroatoms. The summed E-state index contributed by atoms with van der Waals surface area (Å²) >= 11 is 0. The number of piperazine rings is 1. The molecule has 2 aromatic carbocycles. The smallest absolute Gasteiger partial charge is 0.249 e. The lowest BCUT2D eigenvalue weighted by Crippen LogP contribution is -2.52. The average Bonchev–Trinajstić information content (AvgIpc) is 3.38. The number of nitrogens with zero attached hydrogens (tertiary/aromatic N) is 4. The van der Waals surface area contributed by atoms with E-state index in [4.69, 9.17) is 4.52 Å². The van der Waals surface area contributed by atoms with Gasteiger partial charge in [-0.05, 0) is 18.4 Å². The third-order valence-electron chi connectivity index (χ3n) is 6.28. The molecule has 0 bridgehead atoms. The molecule has 35 heavy (non-hydrogen) atoms. The lowest BCUT2D eigenvalue weighted by Gasteiger charge is -2.38. The van der Waals surface area contributed by atoms with Crippen molar-refractivity contribution in [3.8, 4) is 11.4 Å². The molecule has 0 radical (unpaired) electrons. The van der Waals surface area contributed by atoms with Crippen molar-refractivity contribution in [1.29, 1.82) is 0 Å². The molecule has 0 aliphatic carbocycles. The predicted octanol–water partition coefficient (Wildman–Crippen LogP) is 3.85. The maximum Gasteiger partial charge on any atom is 0.249 e. The van der Waals surface area contributed by atoms with E-state index in [1.165, 1.54) is 0 Å². The molecule has 1 aromatic heterocycles. The number of rotatable bonds is 8. The lowest BCUT2D eigenvalue weighted by atomic mass is 10.0. The number of hydrogen-bond donors (Lipinski definition) is 1. The van der Waals surface area contributed by atoms with Crippen LogP contribution in [-0.2, 0) is 9.59 Å². The van der Waals surface area contributed by atoms with Crippen molar-refractivity contribution >= 4 is 11.8 Å². The summed E-state index contributed by atoms with van der Waals surface area (Å²) in [6.45, 7) is 8.50. The Morgan fingerprint density at radius 1 is 0.943 bits per heavy atom. The van der Waals surface area contributed by atoms with Crippen LogP contribution in [0.3, 0.4) is 0 Å². The van der Waals surface area contributed by atoms with Gasteiger partial charge in [0.05, 0.1) is 6.04 Å². The number of aromatic nitrogens is 2. The van der Waals surface area contributed by atoms with Crippen LogP contribution >= 0.6 is 0 Å². The Labute approximate surface area is 206 Å². The standard InChI is InChI=1S/C27H33N5O3/c1-19(2)18-23(33)28-24(21-10-6-4-7-11-21)27(34)32-16-14-31(15-17-32)20(3)26-29-25(30-35-26)22-12-8-5-9-13-22/h4-13,19-20,24H,14-18H2,1-3H3,(H,28,33). The van der Waals surface area contributed by atoms with Crippen LogP contribution in [0.25, 0.3) is 11.4 Å². The number of nitrogens with one attached hydrogen (secondary N) is 1. The van der Waals surface area contributed by atoms with Crippen LogP contribution < -0.4 is 5.32 Å². The van der Waals surface area contributed by atoms with Gasteiger partial charge in [-0.1, -0.05) is 79.7 Å². The minimum Gasteiger partial charge on any atom is -0.341 e. The molecule has 1 N–H and O–H groups in total. The van der Waals surface area contributed by atoms with E-state index in [0.29, 0.717) is 44.3 Å². The summed E-state index contributed by atoms with van der Waals surface area (Å²) in [7, 11) is 0. The molecule has 1 aliphatic rings. The molecule has 1 aliphatic heterocycles. The van der Waals surface area contributed by atoms with Crippen LogP contribution in [-0.4, -0.2) is 57.9 Å². The van der Waals surface area contributed by atoms with Gasteiger partial charge in [-0.3, -0.25) is 14.5 Å². The largest absolute Gasteiger partial charge is 0.341 e. The molecule has 8 nitrogen and oxygen atoms in total. The van der Waals surface area contributed by atoms with Gasteiger partial charge in [-0.25, -0.2) is 0 Å². The molecule has 1 fully saturated rings. The summed E-state index contributed by atoms with van der Waals surface area (Å²) in [5, 5.41) is 7.10. The SMILES string of the molecule is CC(C)CC(=O)NC(C(=O)N1CCN(C(C)c2nc(-c3ccccc3)no2)CC1)c1ccccc1. The second-order valence-corrected chi connectivity index (χ2v) is 9.37. The van der Waals surface area contributed by atoms with Crippen molar-refractivity contribution in [2.75, 3.05) is 26.2 Å². The minimum absolute atomic E-state index is 0.0621. The highest BCUT2D eigenvalue weighted by Gasteiger charge is 2.32. The highest BCUT2D eigenvalue weighted by Crippen LogP contribution is 2.25. The zero-order valence-electron chi connectivity index (χ0n) is 20.6. The normalized spacial score (nSPS) is 16.2. The van der Waals surface area contributed by atoms with Crippen molar-refractivity contribution in [1.82, 2.24) is 25.3 Å². The summed E-state index contributed by atoms with van der Waals surface area (Å²) in [5.41, 5.74) is 1.71. The molecule has 2 atom stereocenters. The number of benzene rings is 2. The second-order valence-electron chi connectivity index (χ2n) is 9.37. The maximum absolute atomic E-state index is 13.5. The van der Waals surface area contributed by atoms with Crippen molar-refractivity contribution < 1.29 is 14.1 Å². The van der Waals surface area contributed by atoms with Gasteiger partial charge in [0.2, 0.25) is 23.5 Å². The Bertz CT molecular complexity index is 1110. The van der Waals surface area contributed by atoms with Crippen molar-refractivity contribution in [3.63, 3.8) is 0 Å². The molecular weight excluding hydrogens is 442 g/mol. The van der Waals surface area contributed by atoms with Crippen LogP contribution in [0.5, 0.6) is 0 Å². The van der Waals surface area contributed by atoms with Gasteiger partial charge in [-0.2, -0.15) is 4.98 Å². The Hall–Kier alpha value is -3.52. The fourth-order valence-electron chi connectivity index (χ4n) is 4.30. The van der Waals surface area contributed by atoms with Gasteiger partial charge >= 0.3 is 0 Å². The summed E-state index contributed by atoms with van der Waals surface area (Å²) < 4.78 is 5.55. The number of carbonyl (C=O) groups excluding carboxylic acids is 2. The third kappa shape index (κ3) is 6.14. The van der Waals surface area contributed by atoms with Crippen LogP contribution in [0, 0.1) is 5.92 Å². The van der Waals surface area contributed by atoms with Crippen LogP contribution in [0.2, 0.25) is 0 Å². The first-order chi connectivity index (χ1) is 16.9. The van der Waals surface area contributed by atoms with Gasteiger partial charge in [-0.15, -0.1) is 0 Å². The first-order valence-corrected chi connectivity index (χ1v) is 12.2. The predicted molar refractivity (Wildman–Crippen MR) is 133 cm³/mol. The average molecular weight is 476 g/mol. The van der Waals surface area contributed by atoms with Crippen LogP contribution in [0.15, 0.2) is 65.2 Å². The molecule has 184 valence electrons. The van der Waals surface area contributed by atoms with E-state index in [9.17, 15) is 9.59 Å². The minimum atomic E-state index is -0.684. The molecule has 2 amide bonds. The first-order valence-electron chi connectivity index (χ1n) is 12.2. The van der Waals surface area contributed by atoms with E-state index in [1.54, 1.807) is 0 Å². The molecular formula is C27H33N5O3. The van der Waals surface area contributed by atoms with Crippen LogP contribution in [0.4, 0.5) is 0 Å². The first kappa shape index (κ1) is 24.6. The van der Waals surface area contributed by atoms with Crippen LogP contribution in [0.1, 0.15) is 50.7 Å². The molecule has 0 spiro atoms. The Kier molecular flexibility index (Phi) is 7.92. The van der Waals surface area contributed by atoms with Crippen molar-refractivity contribution in [2.45, 2.75) is 39.3 Å². The Morgan fingerprint density at radius 2 is 1.57 bits per heavy atom. The van der Waals surface area contributed by atoms with E-state index < -0.39 is 6.04 Å². The Balaban J connectivity index is 1.39. The second kappa shape index (κ2) is 11.3. The monoisotopic (exact) mass is 475 g/mol. The summed E-state index contributed by atoms with van der Waals surface area (Å²) in [5.74, 6) is 1.17. The topological polar surface area (TPSA) is 91.6 Å². The van der Waals surface area contributed by atoms with E-state index in [0.717, 1.165) is 11.1 Å². The number of amides is 2. The van der Waals surface area contributed by atoms with Gasteiger partial charge in [0, 0.05) is 38.2 Å². The molecule has 0 saturated carbocycles. The van der Waals surface area contributed by atoms with Gasteiger partial charge < -0.3 is 14.7 Å². The van der Waals surface area contributed by atoms with E-state index in [2.05, 4.69) is 20.4 Å². The Morgan fingerprint density at radius 3 is 2.20 bits per heavy atom. The highest BCUT2D eigenvalue weighted by molar-refractivity contribution is 5.88. The van der Waals surface area contributed by atoms with Gasteiger partial charge in [0.1, 0.15) is 6.04 Å². The highest BCUT2D eigenvalue weighted by atomic mass is 16.5. The number of hydrogen-bond acceptors (Lipinski definition) is 6. The fraction of sp³-hybridized carbons (Fsp3) is 0.407. The summed E-state index contributed by atoms with van der Waals surface area (Å²) in [6, 6.07) is 18.4. The van der Waals surface area contributed by atoms with Crippen molar-refractivity contribution in [2.24, 2.45) is 5.92 Å². The van der Waals surface area contributed by atoms with E-state index >= 15 is 0 Å². The molecule has 4 rings (SSSR count). The molecule has 1 saturated heterocycles. The zero-order valence-corrected chi connectivity index (χ0v) is 20.6. The van der Waals surface area contributed by atoms with E-state index in [1.807, 2.05) is 86.3 Å². The molecule has 2 unspecified atom stereocenters. The van der Waals surface area contributed by atoms with E-state index in [-0.39, 0.29) is 23.8 Å². The quantitative estimate of drug-likeness (QED) is 0.532. The van der Waals surface area contributed by atoms with Gasteiger partial charge in [0.25, 0.3) is 0 Å². The third-order valence-corrected chi connectivity index (χ3v) is 6.28. The summed E-state index contributed by atoms with van der Waals surface area (Å²) in [4.78, 5) is 34.6. The fourth-order valence-corrected chi connectivity index (χ4v) is 4.30. The molecule has 3 aromatic rings. The number of carbonyl (C=O) groups is 2. The molecule has 2 heterocycles. The lowest BCUT2D eigenvalue weighted by molar-refractivity contribution is -0.138.